The van der Waals surface area contributed by atoms with Crippen molar-refractivity contribution in [3.05, 3.63) is 29.3 Å². The van der Waals surface area contributed by atoms with E-state index in [0.29, 0.717) is 6.54 Å². The van der Waals surface area contributed by atoms with Crippen LogP contribution in [0.5, 0.6) is 0 Å². The summed E-state index contributed by atoms with van der Waals surface area (Å²) in [6, 6.07) is 4.05. The first-order valence-electron chi connectivity index (χ1n) is 4.46. The lowest BCUT2D eigenvalue weighted by Crippen LogP contribution is -2.23. The van der Waals surface area contributed by atoms with Crippen LogP contribution in [0.2, 0.25) is 0 Å². The van der Waals surface area contributed by atoms with Crippen LogP contribution >= 0.6 is 0 Å². The number of anilines is 1. The van der Waals surface area contributed by atoms with Crippen molar-refractivity contribution in [2.75, 3.05) is 12.3 Å². The fourth-order valence-electron chi connectivity index (χ4n) is 1.17. The number of carbonyl (C=O) groups is 2. The predicted molar refractivity (Wildman–Crippen MR) is 55.8 cm³/mol. The molecule has 80 valence electrons. The van der Waals surface area contributed by atoms with Crippen molar-refractivity contribution in [1.82, 2.24) is 5.32 Å². The molecule has 0 aromatic heterocycles. The Morgan fingerprint density at radius 3 is 2.47 bits per heavy atom. The molecule has 1 aromatic carbocycles. The molecule has 4 N–H and O–H groups in total. The number of hydrogen-bond acceptors (Lipinski definition) is 3. The number of carbonyl (C=O) groups excluding carboxylic acids is 1. The lowest BCUT2D eigenvalue weighted by atomic mass is 10.1. The second kappa shape index (κ2) is 4.45. The van der Waals surface area contributed by atoms with Crippen LogP contribution in [0.4, 0.5) is 5.69 Å². The van der Waals surface area contributed by atoms with Gasteiger partial charge >= 0.3 is 5.97 Å². The summed E-state index contributed by atoms with van der Waals surface area (Å²) in [6.07, 6.45) is 0. The molecule has 1 aromatic rings. The van der Waals surface area contributed by atoms with E-state index in [0.717, 1.165) is 0 Å². The molecule has 15 heavy (non-hydrogen) atoms. The number of nitrogens with one attached hydrogen (secondary N) is 1. The van der Waals surface area contributed by atoms with Crippen molar-refractivity contribution in [2.45, 2.75) is 6.92 Å². The number of rotatable bonds is 3. The standard InChI is InChI=1S/C10H12N2O3/c1-2-12-9(13)6-3-7(10(14)15)5-8(11)4-6/h3-5H,2,11H2,1H3,(H,12,13)(H,14,15). The van der Waals surface area contributed by atoms with E-state index in [-0.39, 0.29) is 22.7 Å². The number of benzene rings is 1. The highest BCUT2D eigenvalue weighted by atomic mass is 16.4. The molecule has 0 unspecified atom stereocenters. The predicted octanol–water partition coefficient (Wildman–Crippen LogP) is 0.717. The van der Waals surface area contributed by atoms with Crippen LogP contribution in [0.15, 0.2) is 18.2 Å². The maximum Gasteiger partial charge on any atom is 0.335 e. The summed E-state index contributed by atoms with van der Waals surface area (Å²) in [4.78, 5) is 22.1. The fourth-order valence-corrected chi connectivity index (χ4v) is 1.17. The number of aromatic carboxylic acids is 1. The average molecular weight is 208 g/mol. The Morgan fingerprint density at radius 1 is 1.33 bits per heavy atom. The van der Waals surface area contributed by atoms with Gasteiger partial charge in [-0.05, 0) is 25.1 Å². The monoisotopic (exact) mass is 208 g/mol. The Kier molecular flexibility index (Phi) is 3.28. The normalized spacial score (nSPS) is 9.67. The summed E-state index contributed by atoms with van der Waals surface area (Å²) in [7, 11) is 0. The Bertz CT molecular complexity index is 402. The van der Waals surface area contributed by atoms with E-state index >= 15 is 0 Å². The van der Waals surface area contributed by atoms with Crippen LogP contribution in [-0.4, -0.2) is 23.5 Å². The van der Waals surface area contributed by atoms with Crippen LogP contribution in [0.25, 0.3) is 0 Å². The van der Waals surface area contributed by atoms with Crippen LogP contribution < -0.4 is 11.1 Å². The number of nitrogen functional groups attached to an aromatic ring is 1. The summed E-state index contributed by atoms with van der Waals surface area (Å²) in [5.41, 5.74) is 6.02. The van der Waals surface area contributed by atoms with E-state index in [1.165, 1.54) is 18.2 Å². The molecule has 0 radical (unpaired) electrons. The molecule has 0 saturated heterocycles. The lowest BCUT2D eigenvalue weighted by molar-refractivity contribution is 0.0697. The molecule has 0 aliphatic carbocycles. The third kappa shape index (κ3) is 2.70. The van der Waals surface area contributed by atoms with Gasteiger partial charge in [0.2, 0.25) is 0 Å². The molecule has 1 amide bonds. The van der Waals surface area contributed by atoms with E-state index in [2.05, 4.69) is 5.32 Å². The van der Waals surface area contributed by atoms with Crippen LogP contribution in [-0.2, 0) is 0 Å². The Labute approximate surface area is 86.9 Å². The lowest BCUT2D eigenvalue weighted by Gasteiger charge is -2.04. The van der Waals surface area contributed by atoms with Gasteiger partial charge in [0, 0.05) is 17.8 Å². The Hall–Kier alpha value is -2.04. The molecule has 5 nitrogen and oxygen atoms in total. The largest absolute Gasteiger partial charge is 0.478 e. The number of hydrogen-bond donors (Lipinski definition) is 3. The van der Waals surface area contributed by atoms with Crippen molar-refractivity contribution in [1.29, 1.82) is 0 Å². The summed E-state index contributed by atoms with van der Waals surface area (Å²) in [5.74, 6) is -1.43. The third-order valence-electron chi connectivity index (χ3n) is 1.80. The molecule has 0 spiro atoms. The molecule has 0 heterocycles. The molecule has 0 fully saturated rings. The summed E-state index contributed by atoms with van der Waals surface area (Å²) >= 11 is 0. The van der Waals surface area contributed by atoms with E-state index in [9.17, 15) is 9.59 Å². The Balaban J connectivity index is 3.09. The van der Waals surface area contributed by atoms with Gasteiger partial charge in [0.05, 0.1) is 5.56 Å². The van der Waals surface area contributed by atoms with Gasteiger partial charge in [-0.15, -0.1) is 0 Å². The quantitative estimate of drug-likeness (QED) is 0.638. The zero-order valence-corrected chi connectivity index (χ0v) is 8.28. The fraction of sp³-hybridized carbons (Fsp3) is 0.200. The first-order valence-corrected chi connectivity index (χ1v) is 4.46. The van der Waals surface area contributed by atoms with Gasteiger partial charge in [-0.1, -0.05) is 0 Å². The zero-order valence-electron chi connectivity index (χ0n) is 8.28. The van der Waals surface area contributed by atoms with Gasteiger partial charge in [-0.2, -0.15) is 0 Å². The van der Waals surface area contributed by atoms with Crippen LogP contribution in [0.3, 0.4) is 0 Å². The molecule has 1 rings (SSSR count). The topological polar surface area (TPSA) is 92.4 Å². The van der Waals surface area contributed by atoms with Gasteiger partial charge in [-0.3, -0.25) is 4.79 Å². The molecule has 5 heteroatoms. The molecule has 0 bridgehead atoms. The molecule has 0 saturated carbocycles. The van der Waals surface area contributed by atoms with Crippen molar-refractivity contribution < 1.29 is 14.7 Å². The molecular formula is C10H12N2O3. The average Bonchev–Trinajstić information content (AvgIpc) is 2.17. The van der Waals surface area contributed by atoms with E-state index in [4.69, 9.17) is 10.8 Å². The van der Waals surface area contributed by atoms with Crippen LogP contribution in [0.1, 0.15) is 27.6 Å². The molecule has 0 aliphatic heterocycles. The third-order valence-corrected chi connectivity index (χ3v) is 1.80. The van der Waals surface area contributed by atoms with Crippen molar-refractivity contribution in [3.8, 4) is 0 Å². The first kappa shape index (κ1) is 11.0. The van der Waals surface area contributed by atoms with Gasteiger partial charge in [0.25, 0.3) is 5.91 Å². The van der Waals surface area contributed by atoms with Gasteiger partial charge in [-0.25, -0.2) is 4.79 Å². The van der Waals surface area contributed by atoms with Crippen molar-refractivity contribution >= 4 is 17.6 Å². The highest BCUT2D eigenvalue weighted by Gasteiger charge is 2.10. The second-order valence-corrected chi connectivity index (χ2v) is 3.01. The summed E-state index contributed by atoms with van der Waals surface area (Å²) in [5, 5.41) is 11.3. The maximum atomic E-state index is 11.4. The number of carboxylic acid groups (broad SMARTS) is 1. The van der Waals surface area contributed by atoms with Crippen LogP contribution in [0, 0.1) is 0 Å². The van der Waals surface area contributed by atoms with Gasteiger partial charge in [0.1, 0.15) is 0 Å². The molecule has 0 atom stereocenters. The minimum atomic E-state index is -1.10. The highest BCUT2D eigenvalue weighted by Crippen LogP contribution is 2.12. The SMILES string of the molecule is CCNC(=O)c1cc(N)cc(C(=O)O)c1. The van der Waals surface area contributed by atoms with Gasteiger partial charge < -0.3 is 16.2 Å². The Morgan fingerprint density at radius 2 is 1.93 bits per heavy atom. The highest BCUT2D eigenvalue weighted by molar-refractivity contribution is 5.98. The maximum absolute atomic E-state index is 11.4. The number of carboxylic acids is 1. The number of amides is 1. The van der Waals surface area contributed by atoms with E-state index in [1.54, 1.807) is 6.92 Å². The zero-order chi connectivity index (χ0) is 11.4. The number of nitrogens with two attached hydrogens (primary N) is 1. The molecule has 0 aliphatic rings. The van der Waals surface area contributed by atoms with E-state index in [1.807, 2.05) is 0 Å². The van der Waals surface area contributed by atoms with Gasteiger partial charge in [0.15, 0.2) is 0 Å². The van der Waals surface area contributed by atoms with Crippen molar-refractivity contribution in [3.63, 3.8) is 0 Å². The first-order chi connectivity index (χ1) is 7.04. The summed E-state index contributed by atoms with van der Waals surface area (Å²) < 4.78 is 0. The molecular weight excluding hydrogens is 196 g/mol. The minimum Gasteiger partial charge on any atom is -0.478 e. The minimum absolute atomic E-state index is 0.0104. The second-order valence-electron chi connectivity index (χ2n) is 3.01. The smallest absolute Gasteiger partial charge is 0.335 e. The summed E-state index contributed by atoms with van der Waals surface area (Å²) in [6.45, 7) is 2.26. The van der Waals surface area contributed by atoms with E-state index < -0.39 is 5.97 Å². The van der Waals surface area contributed by atoms with Crippen molar-refractivity contribution in [2.24, 2.45) is 0 Å².